The second-order valence-electron chi connectivity index (χ2n) is 6.10. The monoisotopic (exact) mass is 382 g/mol. The Kier molecular flexibility index (Phi) is 4.66. The van der Waals surface area contributed by atoms with Crippen molar-refractivity contribution in [2.24, 2.45) is 0 Å². The molecule has 2 N–H and O–H groups in total. The van der Waals surface area contributed by atoms with Crippen molar-refractivity contribution in [3.63, 3.8) is 0 Å². The van der Waals surface area contributed by atoms with Crippen LogP contribution in [0.15, 0.2) is 59.9 Å². The van der Waals surface area contributed by atoms with Gasteiger partial charge in [0.1, 0.15) is 0 Å². The summed E-state index contributed by atoms with van der Waals surface area (Å²) in [4.78, 5) is 47.6. The minimum Gasteiger partial charge on any atom is -0.503 e. The fourth-order valence-electron chi connectivity index (χ4n) is 3.14. The molecule has 1 aliphatic heterocycles. The summed E-state index contributed by atoms with van der Waals surface area (Å²) in [6, 6.07) is 9.63. The molecule has 1 aliphatic rings. The third-order valence-corrected chi connectivity index (χ3v) is 4.36. The van der Waals surface area contributed by atoms with E-state index < -0.39 is 34.4 Å². The van der Waals surface area contributed by atoms with Gasteiger partial charge in [-0.15, -0.1) is 0 Å². The number of non-ortho nitro benzene ring substituents is 1. The van der Waals surface area contributed by atoms with Crippen LogP contribution in [0.1, 0.15) is 28.9 Å². The van der Waals surface area contributed by atoms with Crippen molar-refractivity contribution in [3.8, 4) is 0 Å². The van der Waals surface area contributed by atoms with Crippen LogP contribution in [0.4, 0.5) is 11.4 Å². The lowest BCUT2D eigenvalue weighted by molar-refractivity contribution is -0.384. The highest BCUT2D eigenvalue weighted by Gasteiger charge is 2.43. The van der Waals surface area contributed by atoms with E-state index in [0.29, 0.717) is 0 Å². The van der Waals surface area contributed by atoms with Gasteiger partial charge in [-0.1, -0.05) is 18.2 Å². The number of carbonyl (C=O) groups excluding carboxylic acids is 2. The first kappa shape index (κ1) is 18.8. The Hall–Kier alpha value is -4.01. The predicted octanol–water partition coefficient (Wildman–Crippen LogP) is 2.78. The number of hydrogen-bond acceptors (Lipinski definition) is 6. The molecular weight excluding hydrogens is 368 g/mol. The fourth-order valence-corrected chi connectivity index (χ4v) is 3.14. The fraction of sp³-hybridized carbons (Fsp3) is 0.105. The highest BCUT2D eigenvalue weighted by atomic mass is 16.6. The van der Waals surface area contributed by atoms with E-state index in [-0.39, 0.29) is 28.1 Å². The second kappa shape index (κ2) is 6.95. The number of anilines is 1. The molecule has 3 rings (SSSR count). The molecule has 9 nitrogen and oxygen atoms in total. The maximum Gasteiger partial charge on any atom is 0.335 e. The number of carboxylic acids is 1. The minimum absolute atomic E-state index is 0.0983. The van der Waals surface area contributed by atoms with Gasteiger partial charge in [0.2, 0.25) is 0 Å². The quantitative estimate of drug-likeness (QED) is 0.599. The number of aromatic carboxylic acids is 1. The largest absolute Gasteiger partial charge is 0.503 e. The zero-order valence-corrected chi connectivity index (χ0v) is 14.5. The van der Waals surface area contributed by atoms with Crippen molar-refractivity contribution in [1.29, 1.82) is 0 Å². The molecule has 0 saturated heterocycles. The molecular formula is C19H14N2O7. The molecule has 1 heterocycles. The number of amides is 1. The number of carboxylic acid groups (broad SMARTS) is 1. The number of aliphatic hydroxyl groups is 1. The summed E-state index contributed by atoms with van der Waals surface area (Å²) < 4.78 is 0. The standard InChI is InChI=1S/C19H14N2O7/c1-10(22)15-16(11-4-2-7-14(8-11)21(27)28)20(18(24)17(15)23)13-6-3-5-12(9-13)19(25)26/h2-9,16,23H,1H3,(H,25,26)/t16-/m0/s1. The van der Waals surface area contributed by atoms with Gasteiger partial charge in [-0.25, -0.2) is 4.79 Å². The summed E-state index contributed by atoms with van der Waals surface area (Å²) in [7, 11) is 0. The van der Waals surface area contributed by atoms with Crippen LogP contribution in [0.25, 0.3) is 0 Å². The third-order valence-electron chi connectivity index (χ3n) is 4.36. The van der Waals surface area contributed by atoms with Crippen molar-refractivity contribution in [2.75, 3.05) is 4.90 Å². The van der Waals surface area contributed by atoms with Crippen molar-refractivity contribution < 1.29 is 29.5 Å². The minimum atomic E-state index is -1.22. The lowest BCUT2D eigenvalue weighted by atomic mass is 9.96. The Balaban J connectivity index is 2.21. The molecule has 142 valence electrons. The van der Waals surface area contributed by atoms with Crippen LogP contribution in [0.3, 0.4) is 0 Å². The van der Waals surface area contributed by atoms with E-state index in [9.17, 15) is 34.7 Å². The Morgan fingerprint density at radius 3 is 2.43 bits per heavy atom. The first-order valence-corrected chi connectivity index (χ1v) is 8.07. The first-order valence-electron chi connectivity index (χ1n) is 8.07. The molecule has 0 unspecified atom stereocenters. The first-order chi connectivity index (χ1) is 13.2. The molecule has 0 spiro atoms. The van der Waals surface area contributed by atoms with Crippen molar-refractivity contribution in [3.05, 3.63) is 81.1 Å². The molecule has 2 aromatic rings. The summed E-state index contributed by atoms with van der Waals surface area (Å²) in [6.07, 6.45) is 0. The molecule has 0 aromatic heterocycles. The number of nitrogens with zero attached hydrogens (tertiary/aromatic N) is 2. The van der Waals surface area contributed by atoms with E-state index in [0.717, 1.165) is 4.90 Å². The van der Waals surface area contributed by atoms with Gasteiger partial charge in [-0.3, -0.25) is 24.6 Å². The topological polar surface area (TPSA) is 138 Å². The van der Waals surface area contributed by atoms with Crippen molar-refractivity contribution in [1.82, 2.24) is 0 Å². The average Bonchev–Trinajstić information content (AvgIpc) is 2.93. The molecule has 28 heavy (non-hydrogen) atoms. The zero-order chi connectivity index (χ0) is 20.6. The number of nitro groups is 1. The van der Waals surface area contributed by atoms with Crippen LogP contribution in [0.2, 0.25) is 0 Å². The van der Waals surface area contributed by atoms with Gasteiger partial charge in [-0.2, -0.15) is 0 Å². The number of rotatable bonds is 5. The number of carbonyl (C=O) groups is 3. The summed E-state index contributed by atoms with van der Waals surface area (Å²) in [5.41, 5.74) is -0.203. The Morgan fingerprint density at radius 2 is 1.82 bits per heavy atom. The number of nitro benzene ring substituents is 1. The van der Waals surface area contributed by atoms with Crippen LogP contribution in [0, 0.1) is 10.1 Å². The maximum atomic E-state index is 12.7. The number of benzene rings is 2. The van der Waals surface area contributed by atoms with E-state index in [4.69, 9.17) is 0 Å². The van der Waals surface area contributed by atoms with Crippen LogP contribution < -0.4 is 4.90 Å². The molecule has 0 bridgehead atoms. The average molecular weight is 382 g/mol. The summed E-state index contributed by atoms with van der Waals surface area (Å²) >= 11 is 0. The third kappa shape index (κ3) is 3.09. The highest BCUT2D eigenvalue weighted by molar-refractivity contribution is 6.16. The van der Waals surface area contributed by atoms with Crippen LogP contribution >= 0.6 is 0 Å². The van der Waals surface area contributed by atoms with E-state index >= 15 is 0 Å². The lowest BCUT2D eigenvalue weighted by Gasteiger charge is -2.26. The normalized spacial score (nSPS) is 16.4. The van der Waals surface area contributed by atoms with Crippen LogP contribution in [-0.2, 0) is 9.59 Å². The maximum absolute atomic E-state index is 12.7. The Morgan fingerprint density at radius 1 is 1.14 bits per heavy atom. The van der Waals surface area contributed by atoms with Gasteiger partial charge in [0, 0.05) is 17.8 Å². The molecule has 2 aromatic carbocycles. The molecule has 1 amide bonds. The number of ketones is 1. The van der Waals surface area contributed by atoms with Crippen LogP contribution in [0.5, 0.6) is 0 Å². The summed E-state index contributed by atoms with van der Waals surface area (Å²) in [6.45, 7) is 1.17. The molecule has 0 fully saturated rings. The van der Waals surface area contributed by atoms with E-state index in [1.54, 1.807) is 0 Å². The van der Waals surface area contributed by atoms with Gasteiger partial charge < -0.3 is 10.2 Å². The molecule has 0 radical (unpaired) electrons. The predicted molar refractivity (Wildman–Crippen MR) is 97.1 cm³/mol. The second-order valence-corrected chi connectivity index (χ2v) is 6.10. The number of hydrogen-bond donors (Lipinski definition) is 2. The van der Waals surface area contributed by atoms with Crippen molar-refractivity contribution in [2.45, 2.75) is 13.0 Å². The van der Waals surface area contributed by atoms with Gasteiger partial charge in [0.15, 0.2) is 11.5 Å². The van der Waals surface area contributed by atoms with Gasteiger partial charge in [0.05, 0.1) is 22.1 Å². The van der Waals surface area contributed by atoms with Crippen LogP contribution in [-0.4, -0.2) is 32.8 Å². The summed E-state index contributed by atoms with van der Waals surface area (Å²) in [5, 5.41) is 30.6. The lowest BCUT2D eigenvalue weighted by Crippen LogP contribution is -2.31. The molecule has 0 saturated carbocycles. The SMILES string of the molecule is CC(=O)C1=C(O)C(=O)N(c2cccc(C(=O)O)c2)[C@H]1c1cccc([N+](=O)[O-])c1. The van der Waals surface area contributed by atoms with E-state index in [2.05, 4.69) is 0 Å². The molecule has 0 aliphatic carbocycles. The van der Waals surface area contributed by atoms with Gasteiger partial charge in [-0.05, 0) is 30.7 Å². The Bertz CT molecular complexity index is 1060. The van der Waals surface area contributed by atoms with Gasteiger partial charge in [0.25, 0.3) is 11.6 Å². The zero-order valence-electron chi connectivity index (χ0n) is 14.5. The molecule has 1 atom stereocenters. The van der Waals surface area contributed by atoms with Gasteiger partial charge >= 0.3 is 5.97 Å². The van der Waals surface area contributed by atoms with E-state index in [1.165, 1.54) is 55.5 Å². The molecule has 9 heteroatoms. The Labute approximate surface area is 158 Å². The number of aliphatic hydroxyl groups excluding tert-OH is 1. The summed E-state index contributed by atoms with van der Waals surface area (Å²) in [5.74, 6) is -3.47. The van der Waals surface area contributed by atoms with E-state index in [1.807, 2.05) is 0 Å². The number of Topliss-reactive ketones (excluding diaryl/α,β-unsaturated/α-hetero) is 1. The highest BCUT2D eigenvalue weighted by Crippen LogP contribution is 2.41. The smallest absolute Gasteiger partial charge is 0.335 e. The van der Waals surface area contributed by atoms with Crippen molar-refractivity contribution >= 4 is 29.0 Å².